The van der Waals surface area contributed by atoms with Crippen LogP contribution in [0.25, 0.3) is 0 Å². The molecule has 1 aromatic carbocycles. The molecule has 7 heteroatoms. The molecule has 1 aliphatic rings. The second-order valence-electron chi connectivity index (χ2n) is 5.30. The zero-order valence-electron chi connectivity index (χ0n) is 13.1. The summed E-state index contributed by atoms with van der Waals surface area (Å²) >= 11 is 2.35. The normalized spacial score (nSPS) is 20.7. The van der Waals surface area contributed by atoms with E-state index < -0.39 is 11.9 Å². The lowest BCUT2D eigenvalue weighted by Gasteiger charge is -2.39. The highest BCUT2D eigenvalue weighted by atomic mass is 127. The fourth-order valence-corrected chi connectivity index (χ4v) is 2.52. The minimum Gasteiger partial charge on any atom is -0.478 e. The average Bonchev–Trinajstić information content (AvgIpc) is 2.49. The highest BCUT2D eigenvalue weighted by molar-refractivity contribution is 14.1. The van der Waals surface area contributed by atoms with Gasteiger partial charge in [-0.3, -0.25) is 0 Å². The standard InChI is InChI=1S/C12H17IN2.C4H4O4/c1-9-8-15(10(2)7-14-9)12-5-3-11(13)4-6-12;5-3(6)1-2-4(7)8/h3-6,9-10,14H,7-8H2,1-2H3;1-2H,(H,5,6)(H,7,8)/b;2-1+. The van der Waals surface area contributed by atoms with Gasteiger partial charge in [-0.2, -0.15) is 0 Å². The van der Waals surface area contributed by atoms with E-state index in [1.807, 2.05) is 0 Å². The number of nitrogens with one attached hydrogen (secondary N) is 1. The highest BCUT2D eigenvalue weighted by Gasteiger charge is 2.22. The number of rotatable bonds is 3. The van der Waals surface area contributed by atoms with Gasteiger partial charge in [-0.05, 0) is 60.7 Å². The summed E-state index contributed by atoms with van der Waals surface area (Å²) in [5.41, 5.74) is 1.34. The SMILES string of the molecule is CC1CN(c2ccc(I)cc2)C(C)CN1.O=C(O)/C=C/C(=O)O. The quantitative estimate of drug-likeness (QED) is 0.502. The van der Waals surface area contributed by atoms with Gasteiger partial charge in [0, 0.05) is 46.6 Å². The molecule has 1 aliphatic heterocycles. The minimum atomic E-state index is -1.26. The fourth-order valence-electron chi connectivity index (χ4n) is 2.16. The predicted molar refractivity (Wildman–Crippen MR) is 97.8 cm³/mol. The molecule has 2 rings (SSSR count). The van der Waals surface area contributed by atoms with Crippen molar-refractivity contribution in [2.45, 2.75) is 25.9 Å². The minimum absolute atomic E-state index is 0.558. The molecular weight excluding hydrogens is 411 g/mol. The van der Waals surface area contributed by atoms with Crippen LogP contribution in [0.5, 0.6) is 0 Å². The van der Waals surface area contributed by atoms with Crippen LogP contribution >= 0.6 is 22.6 Å². The van der Waals surface area contributed by atoms with Crippen LogP contribution in [-0.4, -0.2) is 47.3 Å². The average molecular weight is 432 g/mol. The monoisotopic (exact) mass is 432 g/mol. The Hall–Kier alpha value is -1.61. The maximum Gasteiger partial charge on any atom is 0.328 e. The molecule has 2 unspecified atom stereocenters. The van der Waals surface area contributed by atoms with Crippen LogP contribution < -0.4 is 10.2 Å². The molecular formula is C16H21IN2O4. The van der Waals surface area contributed by atoms with Gasteiger partial charge in [0.05, 0.1) is 0 Å². The summed E-state index contributed by atoms with van der Waals surface area (Å²) in [6, 6.07) is 9.96. The summed E-state index contributed by atoms with van der Waals surface area (Å²) in [4.78, 5) is 21.6. The molecule has 0 aromatic heterocycles. The first-order valence-electron chi connectivity index (χ1n) is 7.19. The summed E-state index contributed by atoms with van der Waals surface area (Å²) in [5, 5.41) is 19.1. The van der Waals surface area contributed by atoms with Crippen molar-refractivity contribution in [1.29, 1.82) is 0 Å². The predicted octanol–water partition coefficient (Wildman–Crippen LogP) is 2.19. The number of hydrogen-bond acceptors (Lipinski definition) is 4. The van der Waals surface area contributed by atoms with Crippen molar-refractivity contribution in [2.24, 2.45) is 0 Å². The van der Waals surface area contributed by atoms with Crippen LogP contribution in [0, 0.1) is 3.57 Å². The number of carbonyl (C=O) groups is 2. The second-order valence-corrected chi connectivity index (χ2v) is 6.54. The van der Waals surface area contributed by atoms with Crippen molar-refractivity contribution >= 4 is 40.2 Å². The maximum atomic E-state index is 9.55. The maximum absolute atomic E-state index is 9.55. The topological polar surface area (TPSA) is 89.9 Å². The number of halogens is 1. The first-order chi connectivity index (χ1) is 10.8. The van der Waals surface area contributed by atoms with E-state index in [1.165, 1.54) is 9.26 Å². The molecule has 1 heterocycles. The van der Waals surface area contributed by atoms with E-state index in [2.05, 4.69) is 70.9 Å². The summed E-state index contributed by atoms with van der Waals surface area (Å²) in [6.45, 7) is 6.69. The summed E-state index contributed by atoms with van der Waals surface area (Å²) in [5.74, 6) is -2.51. The van der Waals surface area contributed by atoms with Crippen molar-refractivity contribution in [1.82, 2.24) is 5.32 Å². The molecule has 0 saturated carbocycles. The van der Waals surface area contributed by atoms with E-state index in [0.29, 0.717) is 24.2 Å². The lowest BCUT2D eigenvalue weighted by Crippen LogP contribution is -2.54. The lowest BCUT2D eigenvalue weighted by atomic mass is 10.1. The van der Waals surface area contributed by atoms with Crippen molar-refractivity contribution in [3.63, 3.8) is 0 Å². The van der Waals surface area contributed by atoms with Gasteiger partial charge in [-0.25, -0.2) is 9.59 Å². The van der Waals surface area contributed by atoms with Gasteiger partial charge in [0.25, 0.3) is 0 Å². The summed E-state index contributed by atoms with van der Waals surface area (Å²) in [7, 11) is 0. The van der Waals surface area contributed by atoms with Crippen LogP contribution in [0.3, 0.4) is 0 Å². The Kier molecular flexibility index (Phi) is 8.04. The Bertz CT molecular complexity index is 544. The van der Waals surface area contributed by atoms with Crippen LogP contribution in [-0.2, 0) is 9.59 Å². The van der Waals surface area contributed by atoms with Crippen molar-refractivity contribution in [3.05, 3.63) is 40.0 Å². The molecule has 23 heavy (non-hydrogen) atoms. The molecule has 126 valence electrons. The Morgan fingerprint density at radius 1 is 1.17 bits per heavy atom. The third-order valence-electron chi connectivity index (χ3n) is 3.29. The van der Waals surface area contributed by atoms with Gasteiger partial charge in [-0.15, -0.1) is 0 Å². The van der Waals surface area contributed by atoms with Gasteiger partial charge in [0.1, 0.15) is 0 Å². The molecule has 1 fully saturated rings. The van der Waals surface area contributed by atoms with Crippen molar-refractivity contribution in [2.75, 3.05) is 18.0 Å². The Balaban J connectivity index is 0.000000284. The first kappa shape index (κ1) is 19.4. The number of hydrogen-bond donors (Lipinski definition) is 3. The molecule has 3 N–H and O–H groups in total. The fraction of sp³-hybridized carbons (Fsp3) is 0.375. The van der Waals surface area contributed by atoms with E-state index in [-0.39, 0.29) is 0 Å². The number of anilines is 1. The van der Waals surface area contributed by atoms with E-state index in [9.17, 15) is 9.59 Å². The Labute approximate surface area is 149 Å². The van der Waals surface area contributed by atoms with Crippen LogP contribution in [0.1, 0.15) is 13.8 Å². The Morgan fingerprint density at radius 3 is 2.17 bits per heavy atom. The number of carboxylic acids is 2. The molecule has 0 bridgehead atoms. The largest absolute Gasteiger partial charge is 0.478 e. The third-order valence-corrected chi connectivity index (χ3v) is 4.01. The number of benzene rings is 1. The second kappa shape index (κ2) is 9.51. The Morgan fingerprint density at radius 2 is 1.70 bits per heavy atom. The lowest BCUT2D eigenvalue weighted by molar-refractivity contribution is -0.134. The molecule has 1 aromatic rings. The summed E-state index contributed by atoms with van der Waals surface area (Å²) in [6.07, 6.45) is 1.12. The molecule has 0 amide bonds. The van der Waals surface area contributed by atoms with Crippen molar-refractivity contribution < 1.29 is 19.8 Å². The molecule has 0 spiro atoms. The number of nitrogens with zero attached hydrogens (tertiary/aromatic N) is 1. The molecule has 2 atom stereocenters. The van der Waals surface area contributed by atoms with Crippen LogP contribution in [0.2, 0.25) is 0 Å². The van der Waals surface area contributed by atoms with E-state index in [0.717, 1.165) is 13.1 Å². The van der Waals surface area contributed by atoms with Gasteiger partial charge in [0.2, 0.25) is 0 Å². The third kappa shape index (κ3) is 7.47. The number of piperazine rings is 1. The van der Waals surface area contributed by atoms with Gasteiger partial charge < -0.3 is 20.4 Å². The number of aliphatic carboxylic acids is 2. The van der Waals surface area contributed by atoms with Crippen LogP contribution in [0.15, 0.2) is 36.4 Å². The van der Waals surface area contributed by atoms with E-state index in [4.69, 9.17) is 10.2 Å². The highest BCUT2D eigenvalue weighted by Crippen LogP contribution is 2.20. The van der Waals surface area contributed by atoms with Gasteiger partial charge in [0.15, 0.2) is 0 Å². The molecule has 6 nitrogen and oxygen atoms in total. The molecule has 0 aliphatic carbocycles. The van der Waals surface area contributed by atoms with Gasteiger partial charge in [-0.1, -0.05) is 0 Å². The van der Waals surface area contributed by atoms with Crippen LogP contribution in [0.4, 0.5) is 5.69 Å². The first-order valence-corrected chi connectivity index (χ1v) is 8.27. The van der Waals surface area contributed by atoms with Crippen molar-refractivity contribution in [3.8, 4) is 0 Å². The van der Waals surface area contributed by atoms with E-state index >= 15 is 0 Å². The molecule has 0 radical (unpaired) electrons. The zero-order valence-corrected chi connectivity index (χ0v) is 15.2. The number of carboxylic acid groups (broad SMARTS) is 2. The van der Waals surface area contributed by atoms with Gasteiger partial charge >= 0.3 is 11.9 Å². The molecule has 1 saturated heterocycles. The zero-order chi connectivity index (χ0) is 17.4. The summed E-state index contributed by atoms with van der Waals surface area (Å²) < 4.78 is 1.30. The smallest absolute Gasteiger partial charge is 0.328 e. The van der Waals surface area contributed by atoms with E-state index in [1.54, 1.807) is 0 Å².